The van der Waals surface area contributed by atoms with Gasteiger partial charge in [0.2, 0.25) is 0 Å². The minimum atomic E-state index is -4.54. The molecule has 0 radical (unpaired) electrons. The summed E-state index contributed by atoms with van der Waals surface area (Å²) in [5.41, 5.74) is 4.49. The molecule has 1 aromatic rings. The molecule has 0 bridgehead atoms. The number of nitrogens with two attached hydrogens (primary N) is 1. The van der Waals surface area contributed by atoms with Gasteiger partial charge in [-0.15, -0.1) is 12.4 Å². The van der Waals surface area contributed by atoms with Crippen molar-refractivity contribution in [3.63, 3.8) is 0 Å². The number of hydrogen-bond donors (Lipinski definition) is 1. The maximum absolute atomic E-state index is 12.8. The predicted molar refractivity (Wildman–Crippen MR) is 51.3 cm³/mol. The Kier molecular flexibility index (Phi) is 4.55. The van der Waals surface area contributed by atoms with Crippen LogP contribution < -0.4 is 5.73 Å². The highest BCUT2D eigenvalue weighted by molar-refractivity contribution is 5.85. The third-order valence-electron chi connectivity index (χ3n) is 1.77. The summed E-state index contributed by atoms with van der Waals surface area (Å²) in [6.07, 6.45) is -4.54. The van der Waals surface area contributed by atoms with Crippen LogP contribution in [-0.4, -0.2) is 0 Å². The van der Waals surface area contributed by atoms with E-state index < -0.39 is 23.6 Å². The first-order valence-corrected chi connectivity index (χ1v) is 3.94. The molecule has 0 aliphatic heterocycles. The fourth-order valence-corrected chi connectivity index (χ4v) is 1.04. The molecule has 0 aliphatic carbocycles. The van der Waals surface area contributed by atoms with Crippen LogP contribution in [0.4, 0.5) is 17.6 Å². The first-order valence-electron chi connectivity index (χ1n) is 3.94. The molecule has 0 saturated heterocycles. The van der Waals surface area contributed by atoms with Crippen molar-refractivity contribution < 1.29 is 17.6 Å². The van der Waals surface area contributed by atoms with Crippen molar-refractivity contribution >= 4 is 12.4 Å². The van der Waals surface area contributed by atoms with Crippen molar-refractivity contribution in [3.05, 3.63) is 35.1 Å². The number of halogens is 5. The van der Waals surface area contributed by atoms with E-state index in [1.807, 2.05) is 0 Å². The van der Waals surface area contributed by atoms with Gasteiger partial charge in [-0.2, -0.15) is 13.2 Å². The van der Waals surface area contributed by atoms with E-state index in [-0.39, 0.29) is 18.0 Å². The van der Waals surface area contributed by atoms with Crippen LogP contribution in [0.3, 0.4) is 0 Å². The zero-order chi connectivity index (χ0) is 10.9. The molecule has 0 amide bonds. The highest BCUT2D eigenvalue weighted by Gasteiger charge is 2.31. The highest BCUT2D eigenvalue weighted by Crippen LogP contribution is 2.31. The van der Waals surface area contributed by atoms with E-state index in [4.69, 9.17) is 5.73 Å². The largest absolute Gasteiger partial charge is 0.416 e. The SMILES string of the molecule is CC(N)c1cc(F)cc(C(F)(F)F)c1.Cl. The molecule has 0 aromatic heterocycles. The molecule has 1 rings (SSSR count). The molecule has 1 aromatic carbocycles. The molecule has 0 saturated carbocycles. The Balaban J connectivity index is 0.00000196. The summed E-state index contributed by atoms with van der Waals surface area (Å²) < 4.78 is 49.4. The molecule has 0 heterocycles. The normalized spacial score (nSPS) is 13.2. The van der Waals surface area contributed by atoms with Gasteiger partial charge in [-0.3, -0.25) is 0 Å². The van der Waals surface area contributed by atoms with E-state index in [0.717, 1.165) is 12.1 Å². The molecule has 6 heteroatoms. The smallest absolute Gasteiger partial charge is 0.324 e. The van der Waals surface area contributed by atoms with Gasteiger partial charge in [0.1, 0.15) is 5.82 Å². The summed E-state index contributed by atoms with van der Waals surface area (Å²) in [7, 11) is 0. The van der Waals surface area contributed by atoms with Crippen molar-refractivity contribution in [1.29, 1.82) is 0 Å². The number of alkyl halides is 3. The minimum Gasteiger partial charge on any atom is -0.324 e. The number of benzene rings is 1. The Labute approximate surface area is 90.7 Å². The Bertz CT molecular complexity index is 335. The maximum Gasteiger partial charge on any atom is 0.416 e. The van der Waals surface area contributed by atoms with Gasteiger partial charge in [0.05, 0.1) is 5.56 Å². The lowest BCUT2D eigenvalue weighted by Crippen LogP contribution is -2.10. The minimum absolute atomic E-state index is 0. The molecule has 15 heavy (non-hydrogen) atoms. The van der Waals surface area contributed by atoms with Gasteiger partial charge in [0, 0.05) is 6.04 Å². The lowest BCUT2D eigenvalue weighted by Gasteiger charge is -2.11. The summed E-state index contributed by atoms with van der Waals surface area (Å²) in [6, 6.07) is 1.69. The monoisotopic (exact) mass is 243 g/mol. The first-order chi connectivity index (χ1) is 6.30. The zero-order valence-corrected chi connectivity index (χ0v) is 8.62. The summed E-state index contributed by atoms with van der Waals surface area (Å²) in [6.45, 7) is 1.49. The summed E-state index contributed by atoms with van der Waals surface area (Å²) >= 11 is 0. The van der Waals surface area contributed by atoms with Crippen molar-refractivity contribution in [2.75, 3.05) is 0 Å². The third kappa shape index (κ3) is 3.68. The van der Waals surface area contributed by atoms with Crippen LogP contribution in [0.5, 0.6) is 0 Å². The van der Waals surface area contributed by atoms with E-state index in [1.54, 1.807) is 0 Å². The Morgan fingerprint density at radius 3 is 2.13 bits per heavy atom. The molecular formula is C9H10ClF4N. The van der Waals surface area contributed by atoms with Gasteiger partial charge in [-0.25, -0.2) is 4.39 Å². The number of rotatable bonds is 1. The lowest BCUT2D eigenvalue weighted by atomic mass is 10.1. The quantitative estimate of drug-likeness (QED) is 0.753. The van der Waals surface area contributed by atoms with Crippen molar-refractivity contribution in [2.24, 2.45) is 5.73 Å². The molecule has 1 nitrogen and oxygen atoms in total. The van der Waals surface area contributed by atoms with Crippen LogP contribution in [0.15, 0.2) is 18.2 Å². The lowest BCUT2D eigenvalue weighted by molar-refractivity contribution is -0.137. The average Bonchev–Trinajstić information content (AvgIpc) is 2.01. The van der Waals surface area contributed by atoms with Crippen LogP contribution in [0.2, 0.25) is 0 Å². The second kappa shape index (κ2) is 4.81. The summed E-state index contributed by atoms with van der Waals surface area (Å²) in [5.74, 6) is -0.924. The molecule has 1 atom stereocenters. The highest BCUT2D eigenvalue weighted by atomic mass is 35.5. The molecule has 0 fully saturated rings. The average molecular weight is 244 g/mol. The van der Waals surface area contributed by atoms with E-state index in [1.165, 1.54) is 6.92 Å². The zero-order valence-electron chi connectivity index (χ0n) is 7.81. The molecule has 0 spiro atoms. The topological polar surface area (TPSA) is 26.0 Å². The summed E-state index contributed by atoms with van der Waals surface area (Å²) in [4.78, 5) is 0. The van der Waals surface area contributed by atoms with Gasteiger partial charge in [0.15, 0.2) is 0 Å². The van der Waals surface area contributed by atoms with Crippen LogP contribution in [0, 0.1) is 5.82 Å². The van der Waals surface area contributed by atoms with E-state index in [2.05, 4.69) is 0 Å². The van der Waals surface area contributed by atoms with Gasteiger partial charge in [-0.05, 0) is 30.7 Å². The van der Waals surface area contributed by atoms with Crippen LogP contribution >= 0.6 is 12.4 Å². The van der Waals surface area contributed by atoms with E-state index >= 15 is 0 Å². The second-order valence-electron chi connectivity index (χ2n) is 3.06. The van der Waals surface area contributed by atoms with Crippen molar-refractivity contribution in [3.8, 4) is 0 Å². The van der Waals surface area contributed by atoms with Crippen LogP contribution in [-0.2, 0) is 6.18 Å². The van der Waals surface area contributed by atoms with Crippen molar-refractivity contribution in [1.82, 2.24) is 0 Å². The van der Waals surface area contributed by atoms with Gasteiger partial charge in [0.25, 0.3) is 0 Å². The van der Waals surface area contributed by atoms with Crippen molar-refractivity contribution in [2.45, 2.75) is 19.1 Å². The third-order valence-corrected chi connectivity index (χ3v) is 1.77. The molecular weight excluding hydrogens is 234 g/mol. The van der Waals surface area contributed by atoms with E-state index in [9.17, 15) is 17.6 Å². The fraction of sp³-hybridized carbons (Fsp3) is 0.333. The van der Waals surface area contributed by atoms with Gasteiger partial charge < -0.3 is 5.73 Å². The second-order valence-corrected chi connectivity index (χ2v) is 3.06. The van der Waals surface area contributed by atoms with Gasteiger partial charge in [-0.1, -0.05) is 0 Å². The predicted octanol–water partition coefficient (Wildman–Crippen LogP) is 3.29. The summed E-state index contributed by atoms with van der Waals surface area (Å²) in [5, 5.41) is 0. The Morgan fingerprint density at radius 1 is 1.20 bits per heavy atom. The first kappa shape index (κ1) is 14.2. The molecule has 0 aliphatic rings. The Hall–Kier alpha value is -0.810. The Morgan fingerprint density at radius 2 is 1.73 bits per heavy atom. The van der Waals surface area contributed by atoms with Crippen LogP contribution in [0.25, 0.3) is 0 Å². The van der Waals surface area contributed by atoms with E-state index in [0.29, 0.717) is 6.07 Å². The van der Waals surface area contributed by atoms with Crippen LogP contribution in [0.1, 0.15) is 24.1 Å². The maximum atomic E-state index is 12.8. The van der Waals surface area contributed by atoms with Gasteiger partial charge >= 0.3 is 6.18 Å². The molecule has 86 valence electrons. The fourth-order valence-electron chi connectivity index (χ4n) is 1.04. The molecule has 1 unspecified atom stereocenters. The molecule has 2 N–H and O–H groups in total. The standard InChI is InChI=1S/C9H9F4N.ClH/c1-5(14)6-2-7(9(11,12)13)4-8(10)3-6;/h2-5H,14H2,1H3;1H. The number of hydrogen-bond acceptors (Lipinski definition) is 1.